The lowest BCUT2D eigenvalue weighted by molar-refractivity contribution is 0.291. The predicted octanol–water partition coefficient (Wildman–Crippen LogP) is 4.20. The van der Waals surface area contributed by atoms with Crippen molar-refractivity contribution in [2.75, 3.05) is 7.11 Å². The van der Waals surface area contributed by atoms with Crippen molar-refractivity contribution < 1.29 is 13.9 Å². The molecule has 0 unspecified atom stereocenters. The number of methoxy groups -OCH3 is 1. The number of hydrogen-bond donors (Lipinski definition) is 1. The molecule has 0 aromatic heterocycles. The summed E-state index contributed by atoms with van der Waals surface area (Å²) in [5.74, 6) is 0.453. The first-order valence-corrected chi connectivity index (χ1v) is 7.31. The van der Waals surface area contributed by atoms with Crippen LogP contribution in [0.5, 0.6) is 11.5 Å². The Labute approximate surface area is 132 Å². The van der Waals surface area contributed by atoms with Gasteiger partial charge in [-0.15, -0.1) is 0 Å². The highest BCUT2D eigenvalue weighted by Crippen LogP contribution is 2.29. The topological polar surface area (TPSA) is 44.5 Å². The van der Waals surface area contributed by atoms with E-state index in [0.717, 1.165) is 10.0 Å². The molecule has 0 amide bonds. The van der Waals surface area contributed by atoms with Crippen LogP contribution in [0.4, 0.5) is 4.39 Å². The van der Waals surface area contributed by atoms with Crippen molar-refractivity contribution in [1.82, 2.24) is 0 Å². The van der Waals surface area contributed by atoms with Crippen LogP contribution in [0.2, 0.25) is 0 Å². The zero-order chi connectivity index (χ0) is 15.4. The average Bonchev–Trinajstić information content (AvgIpc) is 2.47. The number of nitrogens with two attached hydrogens (primary N) is 1. The van der Waals surface area contributed by atoms with Gasteiger partial charge in [0, 0.05) is 21.6 Å². The number of ether oxygens (including phenoxy) is 2. The maximum absolute atomic E-state index is 14.1. The second-order valence-electron chi connectivity index (χ2n) is 4.69. The Morgan fingerprint density at radius 2 is 2.00 bits per heavy atom. The summed E-state index contributed by atoms with van der Waals surface area (Å²) < 4.78 is 25.7. The summed E-state index contributed by atoms with van der Waals surface area (Å²) in [4.78, 5) is 0. The molecule has 0 saturated carbocycles. The van der Waals surface area contributed by atoms with E-state index in [-0.39, 0.29) is 18.4 Å². The predicted molar refractivity (Wildman–Crippen MR) is 84.0 cm³/mol. The average molecular weight is 354 g/mol. The molecule has 0 heterocycles. The Hall–Kier alpha value is -1.59. The second-order valence-corrected chi connectivity index (χ2v) is 5.61. The van der Waals surface area contributed by atoms with Gasteiger partial charge < -0.3 is 15.2 Å². The Morgan fingerprint density at radius 3 is 2.67 bits per heavy atom. The molecular weight excluding hydrogens is 337 g/mol. The van der Waals surface area contributed by atoms with E-state index < -0.39 is 5.82 Å². The fraction of sp³-hybridized carbons (Fsp3) is 0.250. The summed E-state index contributed by atoms with van der Waals surface area (Å²) in [6.45, 7) is 1.99. The van der Waals surface area contributed by atoms with Gasteiger partial charge in [0.15, 0.2) is 11.6 Å². The number of benzene rings is 2. The minimum atomic E-state index is -0.403. The molecule has 2 aromatic carbocycles. The van der Waals surface area contributed by atoms with Crippen LogP contribution in [-0.2, 0) is 6.61 Å². The van der Waals surface area contributed by atoms with E-state index >= 15 is 0 Å². The van der Waals surface area contributed by atoms with Gasteiger partial charge in [0.1, 0.15) is 12.4 Å². The van der Waals surface area contributed by atoms with Crippen molar-refractivity contribution in [1.29, 1.82) is 0 Å². The van der Waals surface area contributed by atoms with Gasteiger partial charge in [-0.3, -0.25) is 0 Å². The van der Waals surface area contributed by atoms with Crippen LogP contribution in [0.15, 0.2) is 40.9 Å². The maximum Gasteiger partial charge on any atom is 0.171 e. The van der Waals surface area contributed by atoms with Gasteiger partial charge in [-0.1, -0.05) is 28.1 Å². The van der Waals surface area contributed by atoms with Crippen LogP contribution >= 0.6 is 15.9 Å². The smallest absolute Gasteiger partial charge is 0.171 e. The largest absolute Gasteiger partial charge is 0.494 e. The van der Waals surface area contributed by atoms with Crippen LogP contribution in [0, 0.1) is 5.82 Å². The zero-order valence-corrected chi connectivity index (χ0v) is 13.5. The minimum absolute atomic E-state index is 0.115. The molecule has 0 bridgehead atoms. The Balaban J connectivity index is 2.21. The zero-order valence-electron chi connectivity index (χ0n) is 11.9. The lowest BCUT2D eigenvalue weighted by Gasteiger charge is -2.15. The highest BCUT2D eigenvalue weighted by Gasteiger charge is 2.12. The SMILES string of the molecule is COc1cccc(COc2ccc(Br)cc2[C@@H](C)N)c1F. The number of rotatable bonds is 5. The molecule has 0 saturated heterocycles. The molecule has 0 radical (unpaired) electrons. The molecule has 1 atom stereocenters. The van der Waals surface area contributed by atoms with Gasteiger partial charge in [-0.25, -0.2) is 4.39 Å². The summed E-state index contributed by atoms with van der Waals surface area (Å²) in [6.07, 6.45) is 0. The van der Waals surface area contributed by atoms with Crippen LogP contribution in [0.1, 0.15) is 24.1 Å². The van der Waals surface area contributed by atoms with Gasteiger partial charge in [-0.2, -0.15) is 0 Å². The lowest BCUT2D eigenvalue weighted by atomic mass is 10.1. The highest BCUT2D eigenvalue weighted by molar-refractivity contribution is 9.10. The Bertz CT molecular complexity index is 632. The van der Waals surface area contributed by atoms with Crippen molar-refractivity contribution in [3.63, 3.8) is 0 Å². The Morgan fingerprint density at radius 1 is 1.24 bits per heavy atom. The van der Waals surface area contributed by atoms with Crippen molar-refractivity contribution in [2.45, 2.75) is 19.6 Å². The van der Waals surface area contributed by atoms with Crippen LogP contribution in [0.25, 0.3) is 0 Å². The molecule has 0 aliphatic carbocycles. The number of hydrogen-bond acceptors (Lipinski definition) is 3. The molecule has 0 fully saturated rings. The standard InChI is InChI=1S/C16H17BrFNO2/c1-10(19)13-8-12(17)6-7-14(13)21-9-11-4-3-5-15(20-2)16(11)18/h3-8,10H,9,19H2,1-2H3/t10-/m1/s1. The van der Waals surface area contributed by atoms with Gasteiger partial charge in [0.2, 0.25) is 0 Å². The fourth-order valence-electron chi connectivity index (χ4n) is 1.99. The van der Waals surface area contributed by atoms with E-state index in [0.29, 0.717) is 11.3 Å². The quantitative estimate of drug-likeness (QED) is 0.876. The molecule has 3 nitrogen and oxygen atoms in total. The van der Waals surface area contributed by atoms with Crippen LogP contribution in [0.3, 0.4) is 0 Å². The molecule has 5 heteroatoms. The van der Waals surface area contributed by atoms with E-state index in [2.05, 4.69) is 15.9 Å². The summed E-state index contributed by atoms with van der Waals surface area (Å²) in [5, 5.41) is 0. The van der Waals surface area contributed by atoms with Gasteiger partial charge in [0.25, 0.3) is 0 Å². The third kappa shape index (κ3) is 3.74. The number of halogens is 2. The van der Waals surface area contributed by atoms with Gasteiger partial charge >= 0.3 is 0 Å². The summed E-state index contributed by atoms with van der Waals surface area (Å²) in [6, 6.07) is 10.4. The normalized spacial score (nSPS) is 12.0. The maximum atomic E-state index is 14.1. The molecule has 2 rings (SSSR count). The first-order valence-electron chi connectivity index (χ1n) is 6.52. The molecule has 0 spiro atoms. The van der Waals surface area contributed by atoms with Crippen molar-refractivity contribution in [3.05, 3.63) is 57.8 Å². The first kappa shape index (κ1) is 15.8. The van der Waals surface area contributed by atoms with Crippen LogP contribution in [-0.4, -0.2) is 7.11 Å². The third-order valence-electron chi connectivity index (χ3n) is 3.11. The summed E-state index contributed by atoms with van der Waals surface area (Å²) >= 11 is 3.40. The van der Waals surface area contributed by atoms with Gasteiger partial charge in [0.05, 0.1) is 7.11 Å². The first-order chi connectivity index (χ1) is 10.0. The van der Waals surface area contributed by atoms with Crippen molar-refractivity contribution in [3.8, 4) is 11.5 Å². The third-order valence-corrected chi connectivity index (χ3v) is 3.60. The molecule has 112 valence electrons. The monoisotopic (exact) mass is 353 g/mol. The molecule has 21 heavy (non-hydrogen) atoms. The van der Waals surface area contributed by atoms with Crippen molar-refractivity contribution >= 4 is 15.9 Å². The summed E-state index contributed by atoms with van der Waals surface area (Å²) in [7, 11) is 1.44. The minimum Gasteiger partial charge on any atom is -0.494 e. The fourth-order valence-corrected chi connectivity index (χ4v) is 2.37. The van der Waals surface area contributed by atoms with Crippen molar-refractivity contribution in [2.24, 2.45) is 5.73 Å². The molecule has 0 aliphatic rings. The van der Waals surface area contributed by atoms with Crippen LogP contribution < -0.4 is 15.2 Å². The molecule has 2 N–H and O–H groups in total. The molecule has 0 aliphatic heterocycles. The second kappa shape index (κ2) is 6.91. The van der Waals surface area contributed by atoms with E-state index in [1.54, 1.807) is 18.2 Å². The lowest BCUT2D eigenvalue weighted by Crippen LogP contribution is -2.08. The highest BCUT2D eigenvalue weighted by atomic mass is 79.9. The molecular formula is C16H17BrFNO2. The van der Waals surface area contributed by atoms with Gasteiger partial charge in [-0.05, 0) is 31.2 Å². The van der Waals surface area contributed by atoms with E-state index in [9.17, 15) is 4.39 Å². The summed E-state index contributed by atoms with van der Waals surface area (Å²) in [5.41, 5.74) is 7.24. The van der Waals surface area contributed by atoms with E-state index in [1.807, 2.05) is 25.1 Å². The Kier molecular flexibility index (Phi) is 5.20. The van der Waals surface area contributed by atoms with E-state index in [1.165, 1.54) is 7.11 Å². The van der Waals surface area contributed by atoms with E-state index in [4.69, 9.17) is 15.2 Å². The molecule has 2 aromatic rings.